The first-order valence-corrected chi connectivity index (χ1v) is 8.59. The Kier molecular flexibility index (Phi) is 3.88. The SMILES string of the molecule is Cn1ncc2c(NC3CC(N(CC(=O)O)CC4CC4)C3)ccnc21. The number of nitrogens with one attached hydrogen (secondary N) is 1. The molecule has 0 unspecified atom stereocenters. The van der Waals surface area contributed by atoms with Crippen molar-refractivity contribution in [2.24, 2.45) is 13.0 Å². The fraction of sp³-hybridized carbons (Fsp3) is 0.588. The van der Waals surface area contributed by atoms with Crippen LogP contribution in [0.1, 0.15) is 25.7 Å². The van der Waals surface area contributed by atoms with Crippen molar-refractivity contribution in [3.05, 3.63) is 18.5 Å². The van der Waals surface area contributed by atoms with E-state index in [-0.39, 0.29) is 6.54 Å². The first-order chi connectivity index (χ1) is 11.6. The van der Waals surface area contributed by atoms with Crippen LogP contribution in [0.5, 0.6) is 0 Å². The third-order valence-electron chi connectivity index (χ3n) is 5.15. The minimum absolute atomic E-state index is 0.163. The highest BCUT2D eigenvalue weighted by Gasteiger charge is 2.37. The molecule has 7 nitrogen and oxygen atoms in total. The number of nitrogens with zero attached hydrogens (tertiary/aromatic N) is 4. The zero-order valence-corrected chi connectivity index (χ0v) is 13.9. The molecule has 0 aromatic carbocycles. The van der Waals surface area contributed by atoms with E-state index in [4.69, 9.17) is 5.11 Å². The molecule has 0 bridgehead atoms. The minimum atomic E-state index is -0.724. The van der Waals surface area contributed by atoms with Crippen LogP contribution in [0, 0.1) is 5.92 Å². The molecule has 128 valence electrons. The Morgan fingerprint density at radius 1 is 1.46 bits per heavy atom. The quantitative estimate of drug-likeness (QED) is 0.804. The lowest BCUT2D eigenvalue weighted by atomic mass is 9.85. The van der Waals surface area contributed by atoms with Crippen molar-refractivity contribution >= 4 is 22.7 Å². The Morgan fingerprint density at radius 2 is 2.25 bits per heavy atom. The van der Waals surface area contributed by atoms with E-state index in [0.717, 1.165) is 36.1 Å². The zero-order valence-electron chi connectivity index (χ0n) is 13.9. The van der Waals surface area contributed by atoms with Gasteiger partial charge in [-0.2, -0.15) is 5.10 Å². The van der Waals surface area contributed by atoms with Gasteiger partial charge in [-0.15, -0.1) is 0 Å². The summed E-state index contributed by atoms with van der Waals surface area (Å²) in [5, 5.41) is 18.0. The van der Waals surface area contributed by atoms with Gasteiger partial charge in [-0.1, -0.05) is 0 Å². The molecule has 4 rings (SSSR count). The number of carbonyl (C=O) groups is 1. The van der Waals surface area contributed by atoms with Crippen LogP contribution in [-0.2, 0) is 11.8 Å². The van der Waals surface area contributed by atoms with Gasteiger partial charge in [-0.3, -0.25) is 14.4 Å². The number of aliphatic carboxylic acids is 1. The van der Waals surface area contributed by atoms with Gasteiger partial charge in [0.15, 0.2) is 5.65 Å². The van der Waals surface area contributed by atoms with Crippen LogP contribution in [-0.4, -0.2) is 55.9 Å². The smallest absolute Gasteiger partial charge is 0.317 e. The van der Waals surface area contributed by atoms with Crippen molar-refractivity contribution in [2.45, 2.75) is 37.8 Å². The average Bonchev–Trinajstić information content (AvgIpc) is 3.23. The fourth-order valence-corrected chi connectivity index (χ4v) is 3.54. The summed E-state index contributed by atoms with van der Waals surface area (Å²) >= 11 is 0. The second-order valence-corrected chi connectivity index (χ2v) is 7.10. The Balaban J connectivity index is 1.38. The Labute approximate surface area is 140 Å². The van der Waals surface area contributed by atoms with Gasteiger partial charge in [0.2, 0.25) is 0 Å². The fourth-order valence-electron chi connectivity index (χ4n) is 3.54. The van der Waals surface area contributed by atoms with Gasteiger partial charge >= 0.3 is 5.97 Å². The molecule has 7 heteroatoms. The molecule has 2 heterocycles. The van der Waals surface area contributed by atoms with E-state index >= 15 is 0 Å². The summed E-state index contributed by atoms with van der Waals surface area (Å²) in [5.74, 6) is -0.00941. The monoisotopic (exact) mass is 329 g/mol. The molecule has 0 atom stereocenters. The van der Waals surface area contributed by atoms with Gasteiger partial charge in [-0.25, -0.2) is 4.98 Å². The van der Waals surface area contributed by atoms with Crippen molar-refractivity contribution in [3.63, 3.8) is 0 Å². The highest BCUT2D eigenvalue weighted by Crippen LogP contribution is 2.35. The van der Waals surface area contributed by atoms with Crippen molar-refractivity contribution in [3.8, 4) is 0 Å². The normalized spacial score (nSPS) is 23.4. The average molecular weight is 329 g/mol. The molecule has 2 saturated carbocycles. The molecule has 24 heavy (non-hydrogen) atoms. The maximum atomic E-state index is 11.1. The van der Waals surface area contributed by atoms with Gasteiger partial charge in [0, 0.05) is 37.6 Å². The third kappa shape index (κ3) is 3.08. The topological polar surface area (TPSA) is 83.3 Å². The number of fused-ring (bicyclic) bond motifs is 1. The summed E-state index contributed by atoms with van der Waals surface area (Å²) in [5.41, 5.74) is 1.93. The number of aromatic nitrogens is 3. The molecular formula is C17H23N5O2. The van der Waals surface area contributed by atoms with Gasteiger partial charge < -0.3 is 10.4 Å². The van der Waals surface area contributed by atoms with Crippen LogP contribution >= 0.6 is 0 Å². The molecule has 2 aliphatic carbocycles. The highest BCUT2D eigenvalue weighted by atomic mass is 16.4. The summed E-state index contributed by atoms with van der Waals surface area (Å²) in [6.45, 7) is 1.10. The molecule has 0 amide bonds. The van der Waals surface area contributed by atoms with Gasteiger partial charge in [-0.05, 0) is 37.7 Å². The number of hydrogen-bond acceptors (Lipinski definition) is 5. The number of hydrogen-bond donors (Lipinski definition) is 2. The molecule has 0 aliphatic heterocycles. The van der Waals surface area contributed by atoms with E-state index in [1.54, 1.807) is 10.9 Å². The zero-order chi connectivity index (χ0) is 16.7. The second-order valence-electron chi connectivity index (χ2n) is 7.10. The summed E-state index contributed by atoms with van der Waals surface area (Å²) in [6.07, 6.45) is 8.12. The van der Waals surface area contributed by atoms with E-state index in [1.807, 2.05) is 19.3 Å². The first-order valence-electron chi connectivity index (χ1n) is 8.59. The largest absolute Gasteiger partial charge is 0.480 e. The van der Waals surface area contributed by atoms with Crippen LogP contribution in [0.3, 0.4) is 0 Å². The summed E-state index contributed by atoms with van der Waals surface area (Å²) < 4.78 is 1.77. The van der Waals surface area contributed by atoms with Crippen molar-refractivity contribution < 1.29 is 9.90 Å². The van der Waals surface area contributed by atoms with Crippen LogP contribution in [0.15, 0.2) is 18.5 Å². The summed E-state index contributed by atoms with van der Waals surface area (Å²) in [6, 6.07) is 2.75. The lowest BCUT2D eigenvalue weighted by Crippen LogP contribution is -2.52. The molecule has 2 N–H and O–H groups in total. The number of aryl methyl sites for hydroxylation is 1. The molecule has 2 aromatic heterocycles. The van der Waals surface area contributed by atoms with Crippen LogP contribution < -0.4 is 5.32 Å². The molecule has 2 fully saturated rings. The summed E-state index contributed by atoms with van der Waals surface area (Å²) in [4.78, 5) is 17.6. The maximum Gasteiger partial charge on any atom is 0.317 e. The van der Waals surface area contributed by atoms with E-state index in [1.165, 1.54) is 12.8 Å². The van der Waals surface area contributed by atoms with Gasteiger partial charge in [0.25, 0.3) is 0 Å². The van der Waals surface area contributed by atoms with E-state index in [9.17, 15) is 4.79 Å². The second kappa shape index (κ2) is 6.05. The molecule has 2 aromatic rings. The Hall–Kier alpha value is -2.15. The van der Waals surface area contributed by atoms with E-state index in [2.05, 4.69) is 20.3 Å². The number of pyridine rings is 1. The predicted molar refractivity (Wildman–Crippen MR) is 90.9 cm³/mol. The maximum absolute atomic E-state index is 11.1. The van der Waals surface area contributed by atoms with Crippen LogP contribution in [0.2, 0.25) is 0 Å². The Morgan fingerprint density at radius 3 is 2.96 bits per heavy atom. The van der Waals surface area contributed by atoms with Crippen molar-refractivity contribution in [1.82, 2.24) is 19.7 Å². The first kappa shape index (κ1) is 15.4. The molecular weight excluding hydrogens is 306 g/mol. The van der Waals surface area contributed by atoms with Crippen LogP contribution in [0.4, 0.5) is 5.69 Å². The number of carboxylic acids is 1. The number of rotatable bonds is 7. The number of carboxylic acid groups (broad SMARTS) is 1. The van der Waals surface area contributed by atoms with Crippen molar-refractivity contribution in [1.29, 1.82) is 0 Å². The number of anilines is 1. The molecule has 0 spiro atoms. The minimum Gasteiger partial charge on any atom is -0.480 e. The van der Waals surface area contributed by atoms with Gasteiger partial charge in [0.05, 0.1) is 18.1 Å². The van der Waals surface area contributed by atoms with E-state index in [0.29, 0.717) is 18.0 Å². The third-order valence-corrected chi connectivity index (χ3v) is 5.15. The Bertz CT molecular complexity index is 749. The predicted octanol–water partition coefficient (Wildman–Crippen LogP) is 1.71. The summed E-state index contributed by atoms with van der Waals surface area (Å²) in [7, 11) is 1.89. The van der Waals surface area contributed by atoms with Gasteiger partial charge in [0.1, 0.15) is 0 Å². The standard InChI is InChI=1S/C17H23N5O2/c1-21-17-14(8-19-21)15(4-5-18-17)20-12-6-13(7-12)22(10-16(23)24)9-11-2-3-11/h4-5,8,11-13H,2-3,6-7,9-10H2,1H3,(H,18,20)(H,23,24). The molecule has 0 saturated heterocycles. The van der Waals surface area contributed by atoms with E-state index < -0.39 is 5.97 Å². The van der Waals surface area contributed by atoms with Crippen LogP contribution in [0.25, 0.3) is 11.0 Å². The lowest BCUT2D eigenvalue weighted by Gasteiger charge is -2.43. The highest BCUT2D eigenvalue weighted by molar-refractivity contribution is 5.88. The lowest BCUT2D eigenvalue weighted by molar-refractivity contribution is -0.139. The molecule has 2 aliphatic rings. The molecule has 0 radical (unpaired) electrons. The van der Waals surface area contributed by atoms with Crippen molar-refractivity contribution in [2.75, 3.05) is 18.4 Å².